The third-order valence-corrected chi connectivity index (χ3v) is 6.42. The van der Waals surface area contributed by atoms with Gasteiger partial charge in [0.05, 0.1) is 5.69 Å². The second-order valence-corrected chi connectivity index (χ2v) is 9.28. The third-order valence-electron chi connectivity index (χ3n) is 6.42. The number of aromatic nitrogens is 4. The Kier molecular flexibility index (Phi) is 6.35. The smallest absolute Gasteiger partial charge is 0.270 e. The Labute approximate surface area is 194 Å². The van der Waals surface area contributed by atoms with Gasteiger partial charge in [-0.1, -0.05) is 19.1 Å². The SMILES string of the molecule is Cc1n[nH]c(C)c1-c1ccc(NC(=O)[C@@H](NC(=O)c2ccnn2C(C)C)[C@H](C)C2CC2)cc1. The molecule has 174 valence electrons. The molecule has 3 aromatic rings. The molecule has 2 heterocycles. The van der Waals surface area contributed by atoms with Crippen LogP contribution in [0.1, 0.15) is 61.5 Å². The van der Waals surface area contributed by atoms with Crippen molar-refractivity contribution in [3.63, 3.8) is 0 Å². The van der Waals surface area contributed by atoms with Crippen LogP contribution in [-0.4, -0.2) is 37.8 Å². The lowest BCUT2D eigenvalue weighted by Gasteiger charge is -2.25. The highest BCUT2D eigenvalue weighted by Gasteiger charge is 2.38. The molecule has 8 nitrogen and oxygen atoms in total. The standard InChI is InChI=1S/C25H32N6O2/c1-14(2)31-21(12-13-26-31)24(32)28-23(15(3)18-6-7-18)25(33)27-20-10-8-19(9-11-20)22-16(4)29-30-17(22)5/h8-15,18,23H,6-7H2,1-5H3,(H,27,33)(H,28,32)(H,29,30)/t15-,23+/m1/s1. The fourth-order valence-corrected chi connectivity index (χ4v) is 4.37. The largest absolute Gasteiger partial charge is 0.339 e. The van der Waals surface area contributed by atoms with E-state index < -0.39 is 6.04 Å². The summed E-state index contributed by atoms with van der Waals surface area (Å²) in [7, 11) is 0. The number of nitrogens with one attached hydrogen (secondary N) is 3. The van der Waals surface area contributed by atoms with Gasteiger partial charge < -0.3 is 10.6 Å². The van der Waals surface area contributed by atoms with Crippen LogP contribution in [0.3, 0.4) is 0 Å². The Hall–Kier alpha value is -3.42. The first-order valence-corrected chi connectivity index (χ1v) is 11.5. The maximum atomic E-state index is 13.3. The van der Waals surface area contributed by atoms with Crippen LogP contribution in [-0.2, 0) is 4.79 Å². The van der Waals surface area contributed by atoms with Crippen LogP contribution in [0.4, 0.5) is 5.69 Å². The molecule has 0 radical (unpaired) electrons. The maximum Gasteiger partial charge on any atom is 0.270 e. The molecular formula is C25H32N6O2. The number of hydrogen-bond donors (Lipinski definition) is 3. The molecule has 0 bridgehead atoms. The van der Waals surface area contributed by atoms with Crippen molar-refractivity contribution in [1.82, 2.24) is 25.3 Å². The van der Waals surface area contributed by atoms with Gasteiger partial charge >= 0.3 is 0 Å². The Morgan fingerprint density at radius 2 is 1.79 bits per heavy atom. The summed E-state index contributed by atoms with van der Waals surface area (Å²) in [6.07, 6.45) is 3.78. The minimum atomic E-state index is -0.626. The van der Waals surface area contributed by atoms with E-state index in [9.17, 15) is 9.59 Å². The summed E-state index contributed by atoms with van der Waals surface area (Å²) in [5, 5.41) is 17.5. The Bertz CT molecular complexity index is 1120. The van der Waals surface area contributed by atoms with Crippen LogP contribution in [0.25, 0.3) is 11.1 Å². The summed E-state index contributed by atoms with van der Waals surface area (Å²) in [6.45, 7) is 9.93. The molecule has 1 aliphatic carbocycles. The Morgan fingerprint density at radius 1 is 1.09 bits per heavy atom. The zero-order chi connectivity index (χ0) is 23.7. The van der Waals surface area contributed by atoms with Crippen molar-refractivity contribution >= 4 is 17.5 Å². The first kappa shape index (κ1) is 22.8. The van der Waals surface area contributed by atoms with Gasteiger partial charge in [0.1, 0.15) is 11.7 Å². The molecule has 1 saturated carbocycles. The van der Waals surface area contributed by atoms with Gasteiger partial charge in [-0.25, -0.2) is 0 Å². The molecule has 2 amide bonds. The number of aromatic amines is 1. The summed E-state index contributed by atoms with van der Waals surface area (Å²) in [5.74, 6) is 0.00208. The first-order chi connectivity index (χ1) is 15.8. The molecule has 8 heteroatoms. The summed E-state index contributed by atoms with van der Waals surface area (Å²) >= 11 is 0. The molecule has 0 saturated heterocycles. The molecule has 1 aliphatic rings. The summed E-state index contributed by atoms with van der Waals surface area (Å²) in [4.78, 5) is 26.3. The monoisotopic (exact) mass is 448 g/mol. The van der Waals surface area contributed by atoms with Crippen LogP contribution in [0.2, 0.25) is 0 Å². The van der Waals surface area contributed by atoms with Crippen molar-refractivity contribution in [2.45, 2.75) is 59.5 Å². The molecule has 2 atom stereocenters. The minimum Gasteiger partial charge on any atom is -0.339 e. The highest BCUT2D eigenvalue weighted by atomic mass is 16.2. The predicted molar refractivity (Wildman–Crippen MR) is 128 cm³/mol. The van der Waals surface area contributed by atoms with Crippen LogP contribution in [0.15, 0.2) is 36.5 Å². The van der Waals surface area contributed by atoms with Gasteiger partial charge in [-0.2, -0.15) is 10.2 Å². The molecule has 3 N–H and O–H groups in total. The van der Waals surface area contributed by atoms with Crippen molar-refractivity contribution in [2.24, 2.45) is 11.8 Å². The number of carbonyl (C=O) groups is 2. The van der Waals surface area contributed by atoms with Crippen molar-refractivity contribution in [2.75, 3.05) is 5.32 Å². The molecule has 1 fully saturated rings. The van der Waals surface area contributed by atoms with Crippen LogP contribution >= 0.6 is 0 Å². The van der Waals surface area contributed by atoms with E-state index in [-0.39, 0.29) is 23.8 Å². The molecule has 2 aromatic heterocycles. The van der Waals surface area contributed by atoms with Gasteiger partial charge in [0.15, 0.2) is 0 Å². The van der Waals surface area contributed by atoms with Crippen molar-refractivity contribution in [3.05, 3.63) is 53.6 Å². The van der Waals surface area contributed by atoms with Gasteiger partial charge in [-0.05, 0) is 76.1 Å². The van der Waals surface area contributed by atoms with Crippen LogP contribution in [0.5, 0.6) is 0 Å². The van der Waals surface area contributed by atoms with E-state index >= 15 is 0 Å². The van der Waals surface area contributed by atoms with Crippen molar-refractivity contribution in [3.8, 4) is 11.1 Å². The molecular weight excluding hydrogens is 416 g/mol. The van der Waals surface area contributed by atoms with E-state index in [4.69, 9.17) is 0 Å². The number of anilines is 1. The fourth-order valence-electron chi connectivity index (χ4n) is 4.37. The average Bonchev–Trinajstić information content (AvgIpc) is 3.41. The zero-order valence-corrected chi connectivity index (χ0v) is 19.8. The normalized spacial score (nSPS) is 15.3. The number of benzene rings is 1. The lowest BCUT2D eigenvalue weighted by molar-refractivity contribution is -0.119. The van der Waals surface area contributed by atoms with Gasteiger partial charge in [-0.15, -0.1) is 0 Å². The highest BCUT2D eigenvalue weighted by Crippen LogP contribution is 2.38. The molecule has 0 spiro atoms. The van der Waals surface area contributed by atoms with E-state index in [0.29, 0.717) is 17.3 Å². The lowest BCUT2D eigenvalue weighted by Crippen LogP contribution is -2.48. The lowest BCUT2D eigenvalue weighted by atomic mass is 9.95. The molecule has 0 unspecified atom stereocenters. The second kappa shape index (κ2) is 9.21. The van der Waals surface area contributed by atoms with Gasteiger partial charge in [-0.3, -0.25) is 19.4 Å². The quantitative estimate of drug-likeness (QED) is 0.479. The van der Waals surface area contributed by atoms with E-state index in [0.717, 1.165) is 35.4 Å². The third kappa shape index (κ3) is 4.84. The zero-order valence-electron chi connectivity index (χ0n) is 19.8. The summed E-state index contributed by atoms with van der Waals surface area (Å²) in [5.41, 5.74) is 5.20. The second-order valence-electron chi connectivity index (χ2n) is 9.28. The number of carbonyl (C=O) groups excluding carboxylic acids is 2. The Morgan fingerprint density at radius 3 is 2.36 bits per heavy atom. The molecule has 4 rings (SSSR count). The first-order valence-electron chi connectivity index (χ1n) is 11.5. The number of H-pyrrole nitrogens is 1. The van der Waals surface area contributed by atoms with Gasteiger partial charge in [0.2, 0.25) is 5.91 Å². The number of rotatable bonds is 8. The molecule has 33 heavy (non-hydrogen) atoms. The van der Waals surface area contributed by atoms with Crippen molar-refractivity contribution in [1.29, 1.82) is 0 Å². The highest BCUT2D eigenvalue weighted by molar-refractivity contribution is 6.00. The topological polar surface area (TPSA) is 105 Å². The molecule has 0 aliphatic heterocycles. The molecule has 1 aromatic carbocycles. The average molecular weight is 449 g/mol. The maximum absolute atomic E-state index is 13.3. The number of nitrogens with zero attached hydrogens (tertiary/aromatic N) is 3. The number of amides is 2. The van der Waals surface area contributed by atoms with E-state index in [2.05, 4.69) is 25.9 Å². The van der Waals surface area contributed by atoms with E-state index in [1.54, 1.807) is 16.9 Å². The van der Waals surface area contributed by atoms with E-state index in [1.807, 2.05) is 58.9 Å². The fraction of sp³-hybridized carbons (Fsp3) is 0.440. The minimum absolute atomic E-state index is 0.0416. The number of aryl methyl sites for hydroxylation is 2. The van der Waals surface area contributed by atoms with Crippen LogP contribution < -0.4 is 10.6 Å². The van der Waals surface area contributed by atoms with Gasteiger partial charge in [0, 0.05) is 29.2 Å². The summed E-state index contributed by atoms with van der Waals surface area (Å²) in [6, 6.07) is 8.82. The van der Waals surface area contributed by atoms with Crippen molar-refractivity contribution < 1.29 is 9.59 Å². The number of hydrogen-bond acceptors (Lipinski definition) is 4. The summed E-state index contributed by atoms with van der Waals surface area (Å²) < 4.78 is 1.67. The predicted octanol–water partition coefficient (Wildman–Crippen LogP) is 4.25. The Balaban J connectivity index is 1.50. The van der Waals surface area contributed by atoms with Crippen LogP contribution in [0, 0.1) is 25.7 Å². The van der Waals surface area contributed by atoms with Gasteiger partial charge in [0.25, 0.3) is 5.91 Å². The van der Waals surface area contributed by atoms with E-state index in [1.165, 1.54) is 0 Å².